The zero-order valence-electron chi connectivity index (χ0n) is 15.6. The first-order valence-corrected chi connectivity index (χ1v) is 8.76. The molecule has 0 fully saturated rings. The lowest BCUT2D eigenvalue weighted by Gasteiger charge is -2.14. The molecule has 26 heavy (non-hydrogen) atoms. The minimum atomic E-state index is 0.328. The van der Waals surface area contributed by atoms with E-state index >= 15 is 0 Å². The van der Waals surface area contributed by atoms with Crippen LogP contribution in [0.2, 0.25) is 0 Å². The molecular formula is C20H27N3O3. The van der Waals surface area contributed by atoms with Gasteiger partial charge in [-0.05, 0) is 44.0 Å². The number of rotatable bonds is 9. The quantitative estimate of drug-likeness (QED) is 0.531. The maximum atomic E-state index is 6.04. The Morgan fingerprint density at radius 1 is 1.04 bits per heavy atom. The number of guanidine groups is 1. The molecule has 6 nitrogen and oxygen atoms in total. The summed E-state index contributed by atoms with van der Waals surface area (Å²) in [5.41, 5.74) is 7.87. The lowest BCUT2D eigenvalue weighted by Crippen LogP contribution is -2.23. The molecule has 140 valence electrons. The summed E-state index contributed by atoms with van der Waals surface area (Å²) in [4.78, 5) is 4.40. The van der Waals surface area contributed by atoms with Crippen molar-refractivity contribution < 1.29 is 14.2 Å². The van der Waals surface area contributed by atoms with Gasteiger partial charge in [0.25, 0.3) is 0 Å². The van der Waals surface area contributed by atoms with Crippen molar-refractivity contribution in [3.8, 4) is 17.2 Å². The molecule has 3 N–H and O–H groups in total. The predicted octanol–water partition coefficient (Wildman–Crippen LogP) is 3.46. The highest BCUT2D eigenvalue weighted by molar-refractivity contribution is 5.94. The molecule has 2 aromatic carbocycles. The third-order valence-corrected chi connectivity index (χ3v) is 3.68. The first kappa shape index (κ1) is 19.4. The molecule has 2 rings (SSSR count). The van der Waals surface area contributed by atoms with Gasteiger partial charge in [-0.2, -0.15) is 0 Å². The number of aliphatic imine (C=N–C) groups is 1. The minimum absolute atomic E-state index is 0.328. The van der Waals surface area contributed by atoms with Crippen LogP contribution in [-0.2, 0) is 6.42 Å². The highest BCUT2D eigenvalue weighted by Gasteiger charge is 2.07. The van der Waals surface area contributed by atoms with Crippen molar-refractivity contribution in [2.45, 2.75) is 20.3 Å². The first-order chi connectivity index (χ1) is 12.7. The molecule has 0 heterocycles. The van der Waals surface area contributed by atoms with Crippen LogP contribution >= 0.6 is 0 Å². The summed E-state index contributed by atoms with van der Waals surface area (Å²) >= 11 is 0. The van der Waals surface area contributed by atoms with Gasteiger partial charge in [0.15, 0.2) is 5.96 Å². The number of benzene rings is 2. The van der Waals surface area contributed by atoms with E-state index in [2.05, 4.69) is 10.3 Å². The molecule has 0 aliphatic rings. The number of methoxy groups -OCH3 is 1. The normalized spacial score (nSPS) is 11.1. The van der Waals surface area contributed by atoms with Crippen LogP contribution in [0, 0.1) is 0 Å². The van der Waals surface area contributed by atoms with Crippen LogP contribution in [0.4, 0.5) is 5.69 Å². The van der Waals surface area contributed by atoms with Gasteiger partial charge in [0.05, 0.1) is 26.0 Å². The van der Waals surface area contributed by atoms with Crippen molar-refractivity contribution in [3.63, 3.8) is 0 Å². The monoisotopic (exact) mass is 357 g/mol. The molecule has 0 unspecified atom stereocenters. The molecule has 2 aromatic rings. The molecule has 0 aliphatic carbocycles. The van der Waals surface area contributed by atoms with Crippen molar-refractivity contribution in [3.05, 3.63) is 48.0 Å². The topological polar surface area (TPSA) is 78.1 Å². The number of para-hydroxylation sites is 1. The Kier molecular flexibility index (Phi) is 7.61. The van der Waals surface area contributed by atoms with Crippen molar-refractivity contribution in [1.29, 1.82) is 0 Å². The molecule has 6 heteroatoms. The van der Waals surface area contributed by atoms with Crippen LogP contribution in [0.5, 0.6) is 17.2 Å². The van der Waals surface area contributed by atoms with E-state index in [0.29, 0.717) is 31.5 Å². The highest BCUT2D eigenvalue weighted by Crippen LogP contribution is 2.29. The van der Waals surface area contributed by atoms with E-state index in [1.807, 2.05) is 56.3 Å². The number of ether oxygens (including phenoxy) is 3. The summed E-state index contributed by atoms with van der Waals surface area (Å²) in [6, 6.07) is 13.5. The van der Waals surface area contributed by atoms with Crippen molar-refractivity contribution in [2.24, 2.45) is 10.7 Å². The number of nitrogens with zero attached hydrogens (tertiary/aromatic N) is 1. The molecule has 0 saturated heterocycles. The van der Waals surface area contributed by atoms with Gasteiger partial charge in [0.2, 0.25) is 0 Å². The maximum absolute atomic E-state index is 6.04. The van der Waals surface area contributed by atoms with E-state index in [-0.39, 0.29) is 0 Å². The predicted molar refractivity (Wildman–Crippen MR) is 106 cm³/mol. The summed E-state index contributed by atoms with van der Waals surface area (Å²) in [7, 11) is 1.67. The second-order valence-electron chi connectivity index (χ2n) is 5.48. The zero-order valence-corrected chi connectivity index (χ0v) is 15.6. The molecule has 0 bridgehead atoms. The van der Waals surface area contributed by atoms with Crippen molar-refractivity contribution >= 4 is 11.6 Å². The van der Waals surface area contributed by atoms with Crippen LogP contribution in [0.15, 0.2) is 47.5 Å². The zero-order chi connectivity index (χ0) is 18.8. The van der Waals surface area contributed by atoms with Gasteiger partial charge in [-0.3, -0.25) is 4.99 Å². The SMILES string of the molecule is CCOc1ccc(OCC)c(NC(N)=NCCc2ccccc2OC)c1. The van der Waals surface area contributed by atoms with Crippen molar-refractivity contribution in [1.82, 2.24) is 0 Å². The largest absolute Gasteiger partial charge is 0.496 e. The molecule has 0 aromatic heterocycles. The summed E-state index contributed by atoms with van der Waals surface area (Å²) in [5, 5.41) is 3.10. The average Bonchev–Trinajstić information content (AvgIpc) is 2.64. The Morgan fingerprint density at radius 3 is 2.54 bits per heavy atom. The van der Waals surface area contributed by atoms with Gasteiger partial charge in [-0.25, -0.2) is 0 Å². The number of hydrogen-bond donors (Lipinski definition) is 2. The molecular weight excluding hydrogens is 330 g/mol. The lowest BCUT2D eigenvalue weighted by molar-refractivity contribution is 0.332. The Bertz CT molecular complexity index is 732. The third-order valence-electron chi connectivity index (χ3n) is 3.68. The minimum Gasteiger partial charge on any atom is -0.496 e. The first-order valence-electron chi connectivity index (χ1n) is 8.76. The van der Waals surface area contributed by atoms with Gasteiger partial charge in [-0.1, -0.05) is 18.2 Å². The van der Waals surface area contributed by atoms with Gasteiger partial charge in [-0.15, -0.1) is 0 Å². The van der Waals surface area contributed by atoms with Gasteiger partial charge in [0, 0.05) is 12.6 Å². The lowest BCUT2D eigenvalue weighted by atomic mass is 10.1. The van der Waals surface area contributed by atoms with Crippen LogP contribution in [0.1, 0.15) is 19.4 Å². The molecule has 0 saturated carbocycles. The summed E-state index contributed by atoms with van der Waals surface area (Å²) in [6.07, 6.45) is 0.740. The molecule has 0 spiro atoms. The summed E-state index contributed by atoms with van der Waals surface area (Å²) in [5.74, 6) is 2.64. The summed E-state index contributed by atoms with van der Waals surface area (Å²) < 4.78 is 16.5. The third kappa shape index (κ3) is 5.58. The summed E-state index contributed by atoms with van der Waals surface area (Å²) in [6.45, 7) is 5.58. The van der Waals surface area contributed by atoms with Crippen LogP contribution in [-0.4, -0.2) is 32.8 Å². The van der Waals surface area contributed by atoms with E-state index in [0.717, 1.165) is 29.2 Å². The maximum Gasteiger partial charge on any atom is 0.193 e. The highest BCUT2D eigenvalue weighted by atomic mass is 16.5. The van der Waals surface area contributed by atoms with E-state index in [1.54, 1.807) is 7.11 Å². The van der Waals surface area contributed by atoms with Crippen LogP contribution in [0.25, 0.3) is 0 Å². The second kappa shape index (κ2) is 10.2. The van der Waals surface area contributed by atoms with E-state index < -0.39 is 0 Å². The Morgan fingerprint density at radius 2 is 1.81 bits per heavy atom. The Labute approximate surface area is 155 Å². The van der Waals surface area contributed by atoms with Gasteiger partial charge in [0.1, 0.15) is 17.2 Å². The van der Waals surface area contributed by atoms with Crippen molar-refractivity contribution in [2.75, 3.05) is 32.2 Å². The molecule has 0 atom stereocenters. The average molecular weight is 357 g/mol. The Hall–Kier alpha value is -2.89. The van der Waals surface area contributed by atoms with E-state index in [1.165, 1.54) is 0 Å². The smallest absolute Gasteiger partial charge is 0.193 e. The Balaban J connectivity index is 2.04. The molecule has 0 amide bonds. The molecule has 0 radical (unpaired) electrons. The standard InChI is InChI=1S/C20H27N3O3/c1-4-25-16-10-11-19(26-5-2)17(14-16)23-20(21)22-13-12-15-8-6-7-9-18(15)24-3/h6-11,14H,4-5,12-13H2,1-3H3,(H3,21,22,23). The fourth-order valence-corrected chi connectivity index (χ4v) is 2.53. The van der Waals surface area contributed by atoms with E-state index in [9.17, 15) is 0 Å². The van der Waals surface area contributed by atoms with Gasteiger partial charge >= 0.3 is 0 Å². The van der Waals surface area contributed by atoms with Crippen LogP contribution in [0.3, 0.4) is 0 Å². The van der Waals surface area contributed by atoms with E-state index in [4.69, 9.17) is 19.9 Å². The van der Waals surface area contributed by atoms with Gasteiger partial charge < -0.3 is 25.3 Å². The number of anilines is 1. The molecule has 0 aliphatic heterocycles. The number of nitrogens with two attached hydrogens (primary N) is 1. The van der Waals surface area contributed by atoms with Crippen LogP contribution < -0.4 is 25.3 Å². The fourth-order valence-electron chi connectivity index (χ4n) is 2.53. The number of hydrogen-bond acceptors (Lipinski definition) is 4. The second-order valence-corrected chi connectivity index (χ2v) is 5.48. The fraction of sp³-hybridized carbons (Fsp3) is 0.350. The number of nitrogens with one attached hydrogen (secondary N) is 1.